The van der Waals surface area contributed by atoms with Crippen LogP contribution in [0.3, 0.4) is 0 Å². The third-order valence-corrected chi connectivity index (χ3v) is 3.90. The molecule has 0 saturated carbocycles. The number of nitrogens with one attached hydrogen (secondary N) is 1. The second kappa shape index (κ2) is 5.93. The third kappa shape index (κ3) is 2.79. The molecule has 0 radical (unpaired) electrons. The van der Waals surface area contributed by atoms with Gasteiger partial charge in [0.2, 0.25) is 0 Å². The summed E-state index contributed by atoms with van der Waals surface area (Å²) in [5, 5.41) is 11.8. The van der Waals surface area contributed by atoms with Gasteiger partial charge in [-0.15, -0.1) is 0 Å². The molecule has 0 bridgehead atoms. The molecule has 0 aliphatic carbocycles. The Hall–Kier alpha value is -3.13. The average Bonchev–Trinajstić information content (AvgIpc) is 2.84. The summed E-state index contributed by atoms with van der Waals surface area (Å²) in [6.45, 7) is 2.06. The lowest BCUT2D eigenvalue weighted by molar-refractivity contribution is -0.128. The van der Waals surface area contributed by atoms with Crippen LogP contribution in [-0.4, -0.2) is 16.8 Å². The Morgan fingerprint density at radius 1 is 1.13 bits per heavy atom. The van der Waals surface area contributed by atoms with Crippen molar-refractivity contribution >= 4 is 11.9 Å². The SMILES string of the molecule is Cc1ccc(C2NC(=O)N(Cc3ccccc3C#N)C2=O)cc1. The molecule has 1 unspecified atom stereocenters. The van der Waals surface area contributed by atoms with E-state index in [0.29, 0.717) is 11.1 Å². The van der Waals surface area contributed by atoms with Crippen LogP contribution in [0.15, 0.2) is 48.5 Å². The van der Waals surface area contributed by atoms with Crippen molar-refractivity contribution in [2.24, 2.45) is 0 Å². The van der Waals surface area contributed by atoms with Gasteiger partial charge in [0.05, 0.1) is 18.2 Å². The number of nitriles is 1. The first-order valence-corrected chi connectivity index (χ1v) is 7.26. The van der Waals surface area contributed by atoms with Crippen LogP contribution in [0, 0.1) is 18.3 Å². The number of benzene rings is 2. The summed E-state index contributed by atoms with van der Waals surface area (Å²) in [4.78, 5) is 25.9. The van der Waals surface area contributed by atoms with Gasteiger partial charge >= 0.3 is 6.03 Å². The molecule has 5 nitrogen and oxygen atoms in total. The van der Waals surface area contributed by atoms with E-state index in [-0.39, 0.29) is 12.5 Å². The molecular weight excluding hydrogens is 290 g/mol. The van der Waals surface area contributed by atoms with Gasteiger partial charge in [0.15, 0.2) is 0 Å². The van der Waals surface area contributed by atoms with Crippen LogP contribution in [0.25, 0.3) is 0 Å². The lowest BCUT2D eigenvalue weighted by atomic mass is 10.0. The molecule has 2 aromatic carbocycles. The summed E-state index contributed by atoms with van der Waals surface area (Å²) in [6, 6.07) is 15.4. The summed E-state index contributed by atoms with van der Waals surface area (Å²) in [6.07, 6.45) is 0. The maximum Gasteiger partial charge on any atom is 0.325 e. The quantitative estimate of drug-likeness (QED) is 0.886. The highest BCUT2D eigenvalue weighted by molar-refractivity contribution is 6.04. The number of hydrogen-bond donors (Lipinski definition) is 1. The van der Waals surface area contributed by atoms with E-state index in [1.54, 1.807) is 24.3 Å². The standard InChI is InChI=1S/C18H15N3O2/c1-12-6-8-13(9-7-12)16-17(22)21(18(23)20-16)11-15-5-3-2-4-14(15)10-19/h2-9,16H,11H2,1H3,(H,20,23). The molecule has 1 saturated heterocycles. The van der Waals surface area contributed by atoms with Gasteiger partial charge in [0.25, 0.3) is 5.91 Å². The van der Waals surface area contributed by atoms with Gasteiger partial charge in [-0.2, -0.15) is 5.26 Å². The number of aryl methyl sites for hydroxylation is 1. The van der Waals surface area contributed by atoms with Crippen molar-refractivity contribution in [1.29, 1.82) is 5.26 Å². The first kappa shape index (κ1) is 14.8. The summed E-state index contributed by atoms with van der Waals surface area (Å²) in [5.74, 6) is -0.299. The normalized spacial score (nSPS) is 17.0. The minimum Gasteiger partial charge on any atom is -0.322 e. The second-order valence-electron chi connectivity index (χ2n) is 5.49. The Kier molecular flexibility index (Phi) is 3.82. The van der Waals surface area contributed by atoms with Crippen molar-refractivity contribution in [3.63, 3.8) is 0 Å². The highest BCUT2D eigenvalue weighted by atomic mass is 16.2. The Morgan fingerprint density at radius 2 is 1.83 bits per heavy atom. The van der Waals surface area contributed by atoms with Crippen LogP contribution in [0.2, 0.25) is 0 Å². The van der Waals surface area contributed by atoms with E-state index < -0.39 is 12.1 Å². The van der Waals surface area contributed by atoms with E-state index in [1.165, 1.54) is 0 Å². The number of rotatable bonds is 3. The van der Waals surface area contributed by atoms with Crippen LogP contribution < -0.4 is 5.32 Å². The van der Waals surface area contributed by atoms with Crippen molar-refractivity contribution < 1.29 is 9.59 Å². The largest absolute Gasteiger partial charge is 0.325 e. The number of hydrogen-bond acceptors (Lipinski definition) is 3. The van der Waals surface area contributed by atoms with E-state index in [0.717, 1.165) is 16.0 Å². The predicted molar refractivity (Wildman–Crippen MR) is 84.2 cm³/mol. The van der Waals surface area contributed by atoms with Crippen LogP contribution in [-0.2, 0) is 11.3 Å². The minimum atomic E-state index is -0.669. The molecule has 3 amide bonds. The molecule has 1 aliphatic heterocycles. The molecule has 2 aromatic rings. The van der Waals surface area contributed by atoms with Crippen LogP contribution in [0.4, 0.5) is 4.79 Å². The predicted octanol–water partition coefficient (Wildman–Crippen LogP) is 2.66. The van der Waals surface area contributed by atoms with Gasteiger partial charge in [-0.1, -0.05) is 48.0 Å². The Labute approximate surface area is 134 Å². The zero-order valence-corrected chi connectivity index (χ0v) is 12.6. The van der Waals surface area contributed by atoms with Crippen LogP contribution >= 0.6 is 0 Å². The Morgan fingerprint density at radius 3 is 2.52 bits per heavy atom. The van der Waals surface area contributed by atoms with Gasteiger partial charge in [-0.25, -0.2) is 4.79 Å². The van der Waals surface area contributed by atoms with Crippen molar-refractivity contribution in [3.05, 3.63) is 70.8 Å². The molecule has 0 spiro atoms. The van der Waals surface area contributed by atoms with E-state index >= 15 is 0 Å². The second-order valence-corrected chi connectivity index (χ2v) is 5.49. The molecular formula is C18H15N3O2. The first-order chi connectivity index (χ1) is 11.1. The molecule has 1 atom stereocenters. The molecule has 3 rings (SSSR count). The maximum absolute atomic E-state index is 12.6. The molecule has 1 N–H and O–H groups in total. The molecule has 0 aromatic heterocycles. The van der Waals surface area contributed by atoms with Gasteiger partial charge in [0, 0.05) is 0 Å². The fourth-order valence-electron chi connectivity index (χ4n) is 2.59. The van der Waals surface area contributed by atoms with Gasteiger partial charge < -0.3 is 5.32 Å². The lowest BCUT2D eigenvalue weighted by Crippen LogP contribution is -2.30. The first-order valence-electron chi connectivity index (χ1n) is 7.26. The summed E-state index contributed by atoms with van der Waals surface area (Å²) in [7, 11) is 0. The number of urea groups is 1. The molecule has 1 fully saturated rings. The number of carbonyl (C=O) groups excluding carboxylic acids is 2. The third-order valence-electron chi connectivity index (χ3n) is 3.90. The van der Waals surface area contributed by atoms with Gasteiger partial charge in [-0.3, -0.25) is 9.69 Å². The molecule has 1 heterocycles. The van der Waals surface area contributed by atoms with Crippen molar-refractivity contribution in [2.75, 3.05) is 0 Å². The van der Waals surface area contributed by atoms with Crippen LogP contribution in [0.5, 0.6) is 0 Å². The topological polar surface area (TPSA) is 73.2 Å². The molecule has 5 heteroatoms. The van der Waals surface area contributed by atoms with Crippen molar-refractivity contribution in [1.82, 2.24) is 10.2 Å². The van der Waals surface area contributed by atoms with E-state index in [2.05, 4.69) is 11.4 Å². The molecule has 23 heavy (non-hydrogen) atoms. The Balaban J connectivity index is 1.84. The summed E-state index contributed by atoms with van der Waals surface area (Å²) >= 11 is 0. The molecule has 114 valence electrons. The number of carbonyl (C=O) groups is 2. The zero-order valence-electron chi connectivity index (χ0n) is 12.6. The van der Waals surface area contributed by atoms with Gasteiger partial charge in [-0.05, 0) is 24.1 Å². The Bertz CT molecular complexity index is 806. The zero-order chi connectivity index (χ0) is 16.4. The monoisotopic (exact) mass is 305 g/mol. The highest BCUT2D eigenvalue weighted by Gasteiger charge is 2.38. The van der Waals surface area contributed by atoms with Crippen LogP contribution in [0.1, 0.15) is 28.3 Å². The molecule has 1 aliphatic rings. The number of amides is 3. The summed E-state index contributed by atoms with van der Waals surface area (Å²) < 4.78 is 0. The van der Waals surface area contributed by atoms with Crippen molar-refractivity contribution in [3.8, 4) is 6.07 Å². The average molecular weight is 305 g/mol. The minimum absolute atomic E-state index is 0.0940. The van der Waals surface area contributed by atoms with E-state index in [4.69, 9.17) is 5.26 Å². The fraction of sp³-hybridized carbons (Fsp3) is 0.167. The smallest absolute Gasteiger partial charge is 0.322 e. The fourth-order valence-corrected chi connectivity index (χ4v) is 2.59. The number of imide groups is 1. The van der Waals surface area contributed by atoms with Crippen molar-refractivity contribution in [2.45, 2.75) is 19.5 Å². The maximum atomic E-state index is 12.6. The highest BCUT2D eigenvalue weighted by Crippen LogP contribution is 2.24. The van der Waals surface area contributed by atoms with Gasteiger partial charge in [0.1, 0.15) is 6.04 Å². The number of nitrogens with zero attached hydrogens (tertiary/aromatic N) is 2. The van der Waals surface area contributed by atoms with E-state index in [9.17, 15) is 9.59 Å². The lowest BCUT2D eigenvalue weighted by Gasteiger charge is -2.14. The summed E-state index contributed by atoms with van der Waals surface area (Å²) in [5.41, 5.74) is 2.96. The van der Waals surface area contributed by atoms with E-state index in [1.807, 2.05) is 31.2 Å².